The predicted molar refractivity (Wildman–Crippen MR) is 65.2 cm³/mol. The molecule has 0 spiro atoms. The molecule has 1 aliphatic rings. The smallest absolute Gasteiger partial charge is 0.261 e. The lowest BCUT2D eigenvalue weighted by atomic mass is 10.1. The van der Waals surface area contributed by atoms with Crippen molar-refractivity contribution in [2.45, 2.75) is 23.9 Å². The second-order valence-electron chi connectivity index (χ2n) is 3.93. The number of hydrogen-bond acceptors (Lipinski definition) is 6. The number of aromatic nitrogens is 3. The summed E-state index contributed by atoms with van der Waals surface area (Å²) in [6.07, 6.45) is 0.205. The van der Waals surface area contributed by atoms with Crippen molar-refractivity contribution >= 4 is 37.8 Å². The molecule has 1 aromatic rings. The second-order valence-corrected chi connectivity index (χ2v) is 6.31. The third kappa shape index (κ3) is 2.82. The van der Waals surface area contributed by atoms with E-state index in [2.05, 4.69) is 36.3 Å². The van der Waals surface area contributed by atoms with Crippen molar-refractivity contribution in [1.82, 2.24) is 25.0 Å². The molecule has 0 radical (unpaired) electrons. The molecule has 19 heavy (non-hydrogen) atoms. The summed E-state index contributed by atoms with van der Waals surface area (Å²) in [5, 5.41) is 9.00. The standard InChI is InChI=1S/C8H10BrN5O4S/c1-14-8(6(9)11-13-14)19(17,18)12-4-2-3-5(15)10-7(4)16/h4,12H,2-3H2,1H3,(H,10,15,16). The quantitative estimate of drug-likeness (QED) is 0.649. The van der Waals surface area contributed by atoms with Gasteiger partial charge in [-0.25, -0.2) is 13.1 Å². The van der Waals surface area contributed by atoms with Crippen LogP contribution in [0, 0.1) is 0 Å². The summed E-state index contributed by atoms with van der Waals surface area (Å²) in [6.45, 7) is 0. The van der Waals surface area contributed by atoms with Crippen LogP contribution in [0.4, 0.5) is 0 Å². The average Bonchev–Trinajstić information content (AvgIpc) is 2.63. The molecule has 2 N–H and O–H groups in total. The van der Waals surface area contributed by atoms with E-state index in [1.807, 2.05) is 0 Å². The van der Waals surface area contributed by atoms with Crippen LogP contribution in [-0.4, -0.2) is 41.3 Å². The number of aryl methyl sites for hydroxylation is 1. The van der Waals surface area contributed by atoms with Crippen molar-refractivity contribution < 1.29 is 18.0 Å². The zero-order valence-electron chi connectivity index (χ0n) is 9.75. The molecule has 0 bridgehead atoms. The van der Waals surface area contributed by atoms with Crippen LogP contribution in [-0.2, 0) is 26.7 Å². The van der Waals surface area contributed by atoms with Crippen LogP contribution in [0.2, 0.25) is 0 Å². The van der Waals surface area contributed by atoms with Crippen molar-refractivity contribution in [3.63, 3.8) is 0 Å². The molecule has 11 heteroatoms. The minimum Gasteiger partial charge on any atom is -0.295 e. The van der Waals surface area contributed by atoms with Gasteiger partial charge >= 0.3 is 0 Å². The van der Waals surface area contributed by atoms with Gasteiger partial charge in [-0.05, 0) is 22.4 Å². The lowest BCUT2D eigenvalue weighted by Crippen LogP contribution is -2.52. The number of nitrogens with zero attached hydrogens (tertiary/aromatic N) is 3. The normalized spacial score (nSPS) is 20.4. The van der Waals surface area contributed by atoms with Gasteiger partial charge in [0.2, 0.25) is 16.8 Å². The SMILES string of the molecule is Cn1nnc(Br)c1S(=O)(=O)NC1CCC(=O)NC1=O. The van der Waals surface area contributed by atoms with Crippen LogP contribution in [0.25, 0.3) is 0 Å². The summed E-state index contributed by atoms with van der Waals surface area (Å²) in [4.78, 5) is 22.5. The molecule has 2 heterocycles. The Labute approximate surface area is 116 Å². The summed E-state index contributed by atoms with van der Waals surface area (Å²) in [6, 6.07) is -0.982. The van der Waals surface area contributed by atoms with Gasteiger partial charge in [0.05, 0.1) is 0 Å². The molecule has 1 unspecified atom stereocenters. The van der Waals surface area contributed by atoms with Crippen LogP contribution in [0.15, 0.2) is 9.63 Å². The Hall–Kier alpha value is -1.33. The van der Waals surface area contributed by atoms with E-state index < -0.39 is 27.9 Å². The highest BCUT2D eigenvalue weighted by Crippen LogP contribution is 2.19. The highest BCUT2D eigenvalue weighted by atomic mass is 79.9. The maximum atomic E-state index is 12.1. The third-order valence-corrected chi connectivity index (χ3v) is 4.89. The maximum absolute atomic E-state index is 12.1. The van der Waals surface area contributed by atoms with Crippen molar-refractivity contribution in [2.24, 2.45) is 7.05 Å². The van der Waals surface area contributed by atoms with Crippen molar-refractivity contribution in [1.29, 1.82) is 0 Å². The average molecular weight is 352 g/mol. The van der Waals surface area contributed by atoms with E-state index in [-0.39, 0.29) is 22.5 Å². The monoisotopic (exact) mass is 351 g/mol. The van der Waals surface area contributed by atoms with E-state index in [0.717, 1.165) is 4.68 Å². The first kappa shape index (κ1) is 14.1. The lowest BCUT2D eigenvalue weighted by molar-refractivity contribution is -0.134. The summed E-state index contributed by atoms with van der Waals surface area (Å²) < 4.78 is 27.6. The number of carbonyl (C=O) groups excluding carboxylic acids is 2. The fourth-order valence-electron chi connectivity index (χ4n) is 1.66. The van der Waals surface area contributed by atoms with Crippen LogP contribution in [0.1, 0.15) is 12.8 Å². The van der Waals surface area contributed by atoms with Gasteiger partial charge in [-0.3, -0.25) is 14.9 Å². The maximum Gasteiger partial charge on any atom is 0.261 e. The number of halogens is 1. The largest absolute Gasteiger partial charge is 0.295 e. The van der Waals surface area contributed by atoms with Crippen LogP contribution >= 0.6 is 15.9 Å². The lowest BCUT2D eigenvalue weighted by Gasteiger charge is -2.21. The van der Waals surface area contributed by atoms with Crippen LogP contribution < -0.4 is 10.0 Å². The number of nitrogens with one attached hydrogen (secondary N) is 2. The van der Waals surface area contributed by atoms with Crippen molar-refractivity contribution in [2.75, 3.05) is 0 Å². The molecule has 2 rings (SSSR count). The fraction of sp³-hybridized carbons (Fsp3) is 0.500. The highest BCUT2D eigenvalue weighted by molar-refractivity contribution is 9.10. The van der Waals surface area contributed by atoms with Gasteiger partial charge in [-0.1, -0.05) is 5.21 Å². The highest BCUT2D eigenvalue weighted by Gasteiger charge is 2.33. The number of piperidine rings is 1. The van der Waals surface area contributed by atoms with E-state index in [1.165, 1.54) is 7.05 Å². The number of sulfonamides is 1. The molecular formula is C8H10BrN5O4S. The predicted octanol–water partition coefficient (Wildman–Crippen LogP) is -1.34. The molecule has 0 aliphatic carbocycles. The Morgan fingerprint density at radius 1 is 1.47 bits per heavy atom. The third-order valence-electron chi connectivity index (χ3n) is 2.53. The number of imide groups is 1. The summed E-state index contributed by atoms with van der Waals surface area (Å²) in [5.41, 5.74) is 0. The molecule has 1 fully saturated rings. The molecule has 1 atom stereocenters. The van der Waals surface area contributed by atoms with Crippen molar-refractivity contribution in [3.8, 4) is 0 Å². The van der Waals surface area contributed by atoms with E-state index in [9.17, 15) is 18.0 Å². The molecule has 1 saturated heterocycles. The van der Waals surface area contributed by atoms with Gasteiger partial charge in [0.1, 0.15) is 6.04 Å². The molecule has 9 nitrogen and oxygen atoms in total. The van der Waals surface area contributed by atoms with Gasteiger partial charge in [-0.15, -0.1) is 5.10 Å². The number of amides is 2. The second kappa shape index (κ2) is 4.98. The van der Waals surface area contributed by atoms with Gasteiger partial charge in [0.25, 0.3) is 10.0 Å². The van der Waals surface area contributed by atoms with E-state index in [1.54, 1.807) is 0 Å². The Morgan fingerprint density at radius 2 is 2.16 bits per heavy atom. The molecule has 0 saturated carbocycles. The zero-order valence-corrected chi connectivity index (χ0v) is 12.2. The Bertz CT molecular complexity index is 620. The van der Waals surface area contributed by atoms with Crippen LogP contribution in [0.5, 0.6) is 0 Å². The van der Waals surface area contributed by atoms with Crippen molar-refractivity contribution in [3.05, 3.63) is 4.60 Å². The summed E-state index contributed by atoms with van der Waals surface area (Å²) in [7, 11) is -2.55. The molecule has 1 aromatic heterocycles. The molecule has 104 valence electrons. The van der Waals surface area contributed by atoms with Gasteiger partial charge in [0.15, 0.2) is 4.60 Å². The van der Waals surface area contributed by atoms with E-state index >= 15 is 0 Å². The minimum atomic E-state index is -3.96. The molecular weight excluding hydrogens is 342 g/mol. The molecule has 1 aliphatic heterocycles. The van der Waals surface area contributed by atoms with Gasteiger partial charge < -0.3 is 0 Å². The fourth-order valence-corrected chi connectivity index (χ4v) is 3.98. The first-order chi connectivity index (χ1) is 8.81. The Morgan fingerprint density at radius 3 is 2.68 bits per heavy atom. The Balaban J connectivity index is 2.23. The number of rotatable bonds is 3. The minimum absolute atomic E-state index is 0.0507. The Kier molecular flexibility index (Phi) is 3.69. The molecule has 0 aromatic carbocycles. The number of hydrogen-bond donors (Lipinski definition) is 2. The first-order valence-electron chi connectivity index (χ1n) is 5.22. The first-order valence-corrected chi connectivity index (χ1v) is 7.50. The van der Waals surface area contributed by atoms with Crippen LogP contribution in [0.3, 0.4) is 0 Å². The number of carbonyl (C=O) groups is 2. The summed E-state index contributed by atoms with van der Waals surface area (Å²) in [5.74, 6) is -1.07. The van der Waals surface area contributed by atoms with E-state index in [0.29, 0.717) is 0 Å². The summed E-state index contributed by atoms with van der Waals surface area (Å²) >= 11 is 2.97. The van der Waals surface area contributed by atoms with E-state index in [4.69, 9.17) is 0 Å². The van der Waals surface area contributed by atoms with Gasteiger partial charge in [0, 0.05) is 13.5 Å². The van der Waals surface area contributed by atoms with Gasteiger partial charge in [-0.2, -0.15) is 4.72 Å². The topological polar surface area (TPSA) is 123 Å². The molecule has 2 amide bonds. The zero-order chi connectivity index (χ0) is 14.2.